The van der Waals surface area contributed by atoms with E-state index in [1.54, 1.807) is 7.05 Å². The van der Waals surface area contributed by atoms with Gasteiger partial charge in [0.2, 0.25) is 5.95 Å². The van der Waals surface area contributed by atoms with E-state index in [0.717, 1.165) is 18.8 Å². The van der Waals surface area contributed by atoms with Gasteiger partial charge < -0.3 is 21.3 Å². The van der Waals surface area contributed by atoms with Crippen LogP contribution in [0, 0.1) is 0 Å². The molecule has 0 radical (unpaired) electrons. The number of hydrogen-bond acceptors (Lipinski definition) is 6. The molecule has 0 aliphatic rings. The van der Waals surface area contributed by atoms with E-state index < -0.39 is 0 Å². The van der Waals surface area contributed by atoms with Gasteiger partial charge in [0.25, 0.3) is 0 Å². The molecule has 0 saturated carbocycles. The summed E-state index contributed by atoms with van der Waals surface area (Å²) < 4.78 is 0. The van der Waals surface area contributed by atoms with E-state index in [1.807, 2.05) is 18.2 Å². The van der Waals surface area contributed by atoms with Crippen molar-refractivity contribution in [3.8, 4) is 0 Å². The number of hydrogen-bond donors (Lipinski definition) is 3. The molecule has 0 atom stereocenters. The second kappa shape index (κ2) is 6.78. The molecule has 21 heavy (non-hydrogen) atoms. The summed E-state index contributed by atoms with van der Waals surface area (Å²) in [5, 5.41) is 6.19. The molecule has 1 heterocycles. The number of anilines is 5. The third-order valence-electron chi connectivity index (χ3n) is 3.27. The molecule has 6 heteroatoms. The first kappa shape index (κ1) is 14.9. The molecule has 1 aromatic carbocycles. The lowest BCUT2D eigenvalue weighted by atomic mass is 10.2. The number of nitrogens with zero attached hydrogens (tertiary/aromatic N) is 3. The van der Waals surface area contributed by atoms with Crippen LogP contribution >= 0.6 is 0 Å². The molecule has 0 spiro atoms. The fourth-order valence-electron chi connectivity index (χ4n) is 2.15. The Hall–Kier alpha value is -2.50. The molecule has 2 aromatic rings. The second-order valence-electron chi connectivity index (χ2n) is 4.59. The Morgan fingerprint density at radius 2 is 1.67 bits per heavy atom. The highest BCUT2D eigenvalue weighted by Gasteiger charge is 2.04. The largest absolute Gasteiger partial charge is 0.373 e. The molecule has 2 rings (SSSR count). The highest BCUT2D eigenvalue weighted by Crippen LogP contribution is 2.21. The van der Waals surface area contributed by atoms with E-state index >= 15 is 0 Å². The van der Waals surface area contributed by atoms with E-state index in [1.165, 1.54) is 5.69 Å². The predicted octanol–water partition coefficient (Wildman–Crippen LogP) is 2.69. The van der Waals surface area contributed by atoms with Gasteiger partial charge in [-0.3, -0.25) is 0 Å². The lowest BCUT2D eigenvalue weighted by Gasteiger charge is -2.21. The Labute approximate surface area is 125 Å². The third-order valence-corrected chi connectivity index (χ3v) is 3.27. The van der Waals surface area contributed by atoms with Crippen LogP contribution < -0.4 is 21.3 Å². The van der Waals surface area contributed by atoms with Crippen LogP contribution in [0.15, 0.2) is 30.3 Å². The van der Waals surface area contributed by atoms with E-state index in [-0.39, 0.29) is 5.95 Å². The molecular weight excluding hydrogens is 264 g/mol. The van der Waals surface area contributed by atoms with Crippen molar-refractivity contribution in [3.63, 3.8) is 0 Å². The zero-order chi connectivity index (χ0) is 15.2. The maximum absolute atomic E-state index is 5.68. The van der Waals surface area contributed by atoms with Crippen LogP contribution in [0.2, 0.25) is 0 Å². The Bertz CT molecular complexity index is 577. The van der Waals surface area contributed by atoms with Gasteiger partial charge in [0.1, 0.15) is 11.6 Å². The Balaban J connectivity index is 2.15. The third kappa shape index (κ3) is 3.75. The maximum atomic E-state index is 5.68. The SMILES string of the molecule is CCN(CC)c1ccc(Nc2cc(NC)nc(N)n2)cc1. The Kier molecular flexibility index (Phi) is 4.81. The number of nitrogens with one attached hydrogen (secondary N) is 2. The highest BCUT2D eigenvalue weighted by molar-refractivity contribution is 5.63. The van der Waals surface area contributed by atoms with Crippen LogP contribution in [0.4, 0.5) is 29.0 Å². The van der Waals surface area contributed by atoms with Gasteiger partial charge in [0, 0.05) is 37.6 Å². The van der Waals surface area contributed by atoms with Crippen LogP contribution in [-0.4, -0.2) is 30.1 Å². The summed E-state index contributed by atoms with van der Waals surface area (Å²) in [6.45, 7) is 6.30. The molecule has 0 fully saturated rings. The van der Waals surface area contributed by atoms with Gasteiger partial charge in [0.15, 0.2) is 0 Å². The standard InChI is InChI=1S/C15H22N6/c1-4-21(5-2)12-8-6-11(7-9-12)18-14-10-13(17-3)19-15(16)20-14/h6-10H,4-5H2,1-3H3,(H4,16,17,18,19,20). The van der Waals surface area contributed by atoms with Crippen LogP contribution in [-0.2, 0) is 0 Å². The van der Waals surface area contributed by atoms with Crippen LogP contribution in [0.3, 0.4) is 0 Å². The zero-order valence-electron chi connectivity index (χ0n) is 12.7. The average molecular weight is 286 g/mol. The molecule has 0 unspecified atom stereocenters. The molecule has 0 saturated heterocycles. The van der Waals surface area contributed by atoms with Crippen molar-refractivity contribution in [1.29, 1.82) is 0 Å². The summed E-state index contributed by atoms with van der Waals surface area (Å²) in [5.74, 6) is 1.59. The van der Waals surface area contributed by atoms with Gasteiger partial charge in [-0.15, -0.1) is 0 Å². The highest BCUT2D eigenvalue weighted by atomic mass is 15.1. The van der Waals surface area contributed by atoms with Crippen molar-refractivity contribution < 1.29 is 0 Å². The van der Waals surface area contributed by atoms with Gasteiger partial charge in [-0.1, -0.05) is 0 Å². The normalized spacial score (nSPS) is 10.2. The van der Waals surface area contributed by atoms with Gasteiger partial charge in [-0.2, -0.15) is 9.97 Å². The molecular formula is C15H22N6. The van der Waals surface area contributed by atoms with Crippen LogP contribution in [0.1, 0.15) is 13.8 Å². The lowest BCUT2D eigenvalue weighted by molar-refractivity contribution is 0.866. The smallest absolute Gasteiger partial charge is 0.223 e. The van der Waals surface area contributed by atoms with Crippen molar-refractivity contribution >= 4 is 29.0 Å². The van der Waals surface area contributed by atoms with E-state index in [2.05, 4.69) is 51.5 Å². The molecule has 1 aromatic heterocycles. The minimum Gasteiger partial charge on any atom is -0.373 e. The Morgan fingerprint density at radius 3 is 2.24 bits per heavy atom. The molecule has 0 aliphatic heterocycles. The van der Waals surface area contributed by atoms with Crippen LogP contribution in [0.25, 0.3) is 0 Å². The monoisotopic (exact) mass is 286 g/mol. The second-order valence-corrected chi connectivity index (χ2v) is 4.59. The van der Waals surface area contributed by atoms with Gasteiger partial charge in [-0.05, 0) is 38.1 Å². The topological polar surface area (TPSA) is 79.1 Å². The van der Waals surface area contributed by atoms with Crippen molar-refractivity contribution in [1.82, 2.24) is 9.97 Å². The average Bonchev–Trinajstić information content (AvgIpc) is 2.49. The first-order valence-electron chi connectivity index (χ1n) is 7.10. The lowest BCUT2D eigenvalue weighted by Crippen LogP contribution is -2.21. The predicted molar refractivity (Wildman–Crippen MR) is 89.3 cm³/mol. The first-order chi connectivity index (χ1) is 10.2. The summed E-state index contributed by atoms with van der Waals surface area (Å²) in [5.41, 5.74) is 7.86. The van der Waals surface area contributed by atoms with E-state index in [0.29, 0.717) is 11.6 Å². The molecule has 0 amide bonds. The van der Waals surface area contributed by atoms with Crippen LogP contribution in [0.5, 0.6) is 0 Å². The number of aromatic nitrogens is 2. The van der Waals surface area contributed by atoms with Crippen molar-refractivity contribution in [2.24, 2.45) is 0 Å². The quantitative estimate of drug-likeness (QED) is 0.757. The fraction of sp³-hybridized carbons (Fsp3) is 0.333. The molecule has 0 aliphatic carbocycles. The van der Waals surface area contributed by atoms with Crippen molar-refractivity contribution in [2.75, 3.05) is 41.4 Å². The summed E-state index contributed by atoms with van der Waals surface area (Å²) in [7, 11) is 1.80. The number of benzene rings is 1. The summed E-state index contributed by atoms with van der Waals surface area (Å²) in [6.07, 6.45) is 0. The molecule has 4 N–H and O–H groups in total. The van der Waals surface area contributed by atoms with Gasteiger partial charge >= 0.3 is 0 Å². The van der Waals surface area contributed by atoms with Gasteiger partial charge in [0.05, 0.1) is 0 Å². The van der Waals surface area contributed by atoms with Crippen molar-refractivity contribution in [2.45, 2.75) is 13.8 Å². The first-order valence-corrected chi connectivity index (χ1v) is 7.10. The molecule has 112 valence electrons. The maximum Gasteiger partial charge on any atom is 0.223 e. The number of nitrogens with two attached hydrogens (primary N) is 1. The summed E-state index contributed by atoms with van der Waals surface area (Å²) >= 11 is 0. The van der Waals surface area contributed by atoms with E-state index in [9.17, 15) is 0 Å². The summed E-state index contributed by atoms with van der Waals surface area (Å²) in [4.78, 5) is 10.5. The zero-order valence-corrected chi connectivity index (χ0v) is 12.7. The minimum atomic E-state index is 0.240. The number of rotatable bonds is 6. The Morgan fingerprint density at radius 1 is 1.05 bits per heavy atom. The van der Waals surface area contributed by atoms with Crippen molar-refractivity contribution in [3.05, 3.63) is 30.3 Å². The summed E-state index contributed by atoms with van der Waals surface area (Å²) in [6, 6.07) is 10.1. The molecule has 6 nitrogen and oxygen atoms in total. The minimum absolute atomic E-state index is 0.240. The van der Waals surface area contributed by atoms with Gasteiger partial charge in [-0.25, -0.2) is 0 Å². The fourth-order valence-corrected chi connectivity index (χ4v) is 2.15. The number of nitrogen functional groups attached to an aromatic ring is 1. The van der Waals surface area contributed by atoms with E-state index in [4.69, 9.17) is 5.73 Å². The molecule has 0 bridgehead atoms.